The van der Waals surface area contributed by atoms with E-state index in [0.29, 0.717) is 12.2 Å². The van der Waals surface area contributed by atoms with Gasteiger partial charge in [-0.05, 0) is 37.5 Å². The summed E-state index contributed by atoms with van der Waals surface area (Å²) >= 11 is 0. The van der Waals surface area contributed by atoms with Gasteiger partial charge >= 0.3 is 6.03 Å². The van der Waals surface area contributed by atoms with E-state index in [1.165, 1.54) is 12.1 Å². The van der Waals surface area contributed by atoms with Gasteiger partial charge in [0.05, 0.1) is 17.5 Å². The molecule has 0 radical (unpaired) electrons. The third-order valence-electron chi connectivity index (χ3n) is 4.51. The van der Waals surface area contributed by atoms with Gasteiger partial charge < -0.3 is 20.7 Å². The maximum atomic E-state index is 12.7. The Labute approximate surface area is 158 Å². The molecule has 1 atom stereocenters. The van der Waals surface area contributed by atoms with Gasteiger partial charge in [-0.2, -0.15) is 4.31 Å². The van der Waals surface area contributed by atoms with Crippen LogP contribution in [0.5, 0.6) is 0 Å². The molecule has 3 N–H and O–H groups in total. The number of sulfonamides is 1. The maximum Gasteiger partial charge on any atom is 0.319 e. The molecule has 148 valence electrons. The largest absolute Gasteiger partial charge is 0.378 e. The number of nitrogens with zero attached hydrogens (tertiary/aromatic N) is 1. The molecular weight excluding hydrogens is 372 g/mol. The lowest BCUT2D eigenvalue weighted by Gasteiger charge is -2.26. The molecule has 1 aromatic rings. The summed E-state index contributed by atoms with van der Waals surface area (Å²) in [4.78, 5) is 23.5. The van der Waals surface area contributed by atoms with Crippen molar-refractivity contribution < 1.29 is 22.7 Å². The zero-order chi connectivity index (χ0) is 19.3. The molecule has 1 unspecified atom stereocenters. The Bertz CT molecular complexity index is 792. The van der Waals surface area contributed by atoms with E-state index in [0.717, 1.165) is 30.2 Å². The smallest absolute Gasteiger partial charge is 0.319 e. The number of hydrogen-bond acceptors (Lipinski definition) is 5. The van der Waals surface area contributed by atoms with E-state index in [1.54, 1.807) is 12.1 Å². The first-order valence-corrected chi connectivity index (χ1v) is 10.4. The quantitative estimate of drug-likeness (QED) is 0.647. The Hall–Kier alpha value is -2.17. The predicted molar refractivity (Wildman–Crippen MR) is 98.8 cm³/mol. The number of hydrogen-bond donors (Lipinski definition) is 3. The van der Waals surface area contributed by atoms with Crippen LogP contribution in [0.15, 0.2) is 29.2 Å². The van der Waals surface area contributed by atoms with E-state index in [4.69, 9.17) is 4.74 Å². The minimum Gasteiger partial charge on any atom is -0.378 e. The third-order valence-corrected chi connectivity index (χ3v) is 6.35. The molecule has 10 heteroatoms. The highest BCUT2D eigenvalue weighted by molar-refractivity contribution is 7.89. The Kier molecular flexibility index (Phi) is 6.30. The van der Waals surface area contributed by atoms with Gasteiger partial charge in [0, 0.05) is 31.9 Å². The van der Waals surface area contributed by atoms with Gasteiger partial charge in [-0.1, -0.05) is 6.07 Å². The Morgan fingerprint density at radius 3 is 2.96 bits per heavy atom. The number of carbonyl (C=O) groups is 2. The van der Waals surface area contributed by atoms with Crippen LogP contribution in [0.3, 0.4) is 0 Å². The summed E-state index contributed by atoms with van der Waals surface area (Å²) in [5.74, 6) is -0.329. The fourth-order valence-electron chi connectivity index (χ4n) is 3.10. The average Bonchev–Trinajstić information content (AvgIpc) is 3.15. The zero-order valence-corrected chi connectivity index (χ0v) is 15.8. The molecule has 0 aliphatic carbocycles. The second kappa shape index (κ2) is 8.68. The lowest BCUT2D eigenvalue weighted by atomic mass is 10.2. The predicted octanol–water partition coefficient (Wildman–Crippen LogP) is 0.498. The number of carbonyl (C=O) groups excluding carboxylic acids is 2. The van der Waals surface area contributed by atoms with Crippen LogP contribution in [0.2, 0.25) is 0 Å². The third kappa shape index (κ3) is 5.18. The van der Waals surface area contributed by atoms with Gasteiger partial charge in [-0.15, -0.1) is 0 Å². The molecule has 3 rings (SSSR count). The topological polar surface area (TPSA) is 117 Å². The SMILES string of the molecule is O=C1CN(S(=O)(=O)c2cccc(NC(=O)NCCC3CCCO3)c2)CCN1. The van der Waals surface area contributed by atoms with Crippen LogP contribution in [0, 0.1) is 0 Å². The summed E-state index contributed by atoms with van der Waals surface area (Å²) in [7, 11) is -3.80. The first-order valence-electron chi connectivity index (χ1n) is 8.98. The number of benzene rings is 1. The second-order valence-electron chi connectivity index (χ2n) is 6.52. The van der Waals surface area contributed by atoms with Gasteiger partial charge in [0.25, 0.3) is 0 Å². The Morgan fingerprint density at radius 1 is 1.37 bits per heavy atom. The first kappa shape index (κ1) is 19.6. The van der Waals surface area contributed by atoms with Crippen LogP contribution in [0.4, 0.5) is 10.5 Å². The summed E-state index contributed by atoms with van der Waals surface area (Å²) in [6.45, 7) is 1.55. The van der Waals surface area contributed by atoms with Crippen LogP contribution in [-0.2, 0) is 19.6 Å². The highest BCUT2D eigenvalue weighted by atomic mass is 32.2. The zero-order valence-electron chi connectivity index (χ0n) is 14.9. The highest BCUT2D eigenvalue weighted by Crippen LogP contribution is 2.20. The molecule has 27 heavy (non-hydrogen) atoms. The van der Waals surface area contributed by atoms with E-state index in [1.807, 2.05) is 0 Å². The van der Waals surface area contributed by atoms with Gasteiger partial charge in [0.1, 0.15) is 0 Å². The van der Waals surface area contributed by atoms with Crippen molar-refractivity contribution in [2.24, 2.45) is 0 Å². The van der Waals surface area contributed by atoms with E-state index < -0.39 is 16.1 Å². The van der Waals surface area contributed by atoms with Crippen LogP contribution < -0.4 is 16.0 Å². The van der Waals surface area contributed by atoms with Gasteiger partial charge in [0.15, 0.2) is 0 Å². The van der Waals surface area contributed by atoms with E-state index >= 15 is 0 Å². The lowest BCUT2D eigenvalue weighted by molar-refractivity contribution is -0.122. The molecule has 2 fully saturated rings. The number of amides is 3. The minimum absolute atomic E-state index is 0.0364. The molecule has 0 aromatic heterocycles. The van der Waals surface area contributed by atoms with Gasteiger partial charge in [-0.3, -0.25) is 4.79 Å². The van der Waals surface area contributed by atoms with Crippen molar-refractivity contribution in [1.82, 2.24) is 14.9 Å². The van der Waals surface area contributed by atoms with Crippen LogP contribution >= 0.6 is 0 Å². The summed E-state index contributed by atoms with van der Waals surface area (Å²) < 4.78 is 32.0. The monoisotopic (exact) mass is 396 g/mol. The summed E-state index contributed by atoms with van der Waals surface area (Å²) in [6.07, 6.45) is 3.01. The number of anilines is 1. The molecular formula is C17H24N4O5S. The van der Waals surface area contributed by atoms with Gasteiger partial charge in [-0.25, -0.2) is 13.2 Å². The second-order valence-corrected chi connectivity index (χ2v) is 8.46. The molecule has 0 bridgehead atoms. The van der Waals surface area contributed by atoms with Crippen molar-refractivity contribution in [3.63, 3.8) is 0 Å². The molecule has 3 amide bonds. The lowest BCUT2D eigenvalue weighted by Crippen LogP contribution is -2.49. The van der Waals surface area contributed by atoms with E-state index in [2.05, 4.69) is 16.0 Å². The average molecular weight is 396 g/mol. The van der Waals surface area contributed by atoms with Crippen molar-refractivity contribution in [2.45, 2.75) is 30.3 Å². The Balaban J connectivity index is 1.57. The molecule has 0 saturated carbocycles. The number of piperazine rings is 1. The number of urea groups is 1. The fraction of sp³-hybridized carbons (Fsp3) is 0.529. The van der Waals surface area contributed by atoms with Gasteiger partial charge in [0.2, 0.25) is 15.9 Å². The van der Waals surface area contributed by atoms with E-state index in [-0.39, 0.29) is 36.5 Å². The molecule has 2 aliphatic heterocycles. The van der Waals surface area contributed by atoms with Crippen molar-refractivity contribution in [2.75, 3.05) is 38.1 Å². The molecule has 2 heterocycles. The molecule has 2 saturated heterocycles. The molecule has 2 aliphatic rings. The minimum atomic E-state index is -3.80. The number of ether oxygens (including phenoxy) is 1. The van der Waals surface area contributed by atoms with Crippen molar-refractivity contribution >= 4 is 27.6 Å². The highest BCUT2D eigenvalue weighted by Gasteiger charge is 2.29. The van der Waals surface area contributed by atoms with Crippen LogP contribution in [0.1, 0.15) is 19.3 Å². The molecule has 0 spiro atoms. The Morgan fingerprint density at radius 2 is 2.22 bits per heavy atom. The number of rotatable bonds is 6. The summed E-state index contributed by atoms with van der Waals surface area (Å²) in [6, 6.07) is 5.60. The normalized spacial score (nSPS) is 20.9. The van der Waals surface area contributed by atoms with Crippen LogP contribution in [0.25, 0.3) is 0 Å². The standard InChI is InChI=1S/C17H24N4O5S/c22-16-12-21(9-8-18-16)27(24,25)15-5-1-3-13(11-15)20-17(23)19-7-6-14-4-2-10-26-14/h1,3,5,11,14H,2,4,6-10,12H2,(H,18,22)(H2,19,20,23). The number of nitrogens with one attached hydrogen (secondary N) is 3. The van der Waals surface area contributed by atoms with Crippen molar-refractivity contribution in [3.05, 3.63) is 24.3 Å². The van der Waals surface area contributed by atoms with E-state index in [9.17, 15) is 18.0 Å². The summed E-state index contributed by atoms with van der Waals surface area (Å²) in [5, 5.41) is 7.97. The van der Waals surface area contributed by atoms with Crippen molar-refractivity contribution in [3.8, 4) is 0 Å². The molecule has 1 aromatic carbocycles. The first-order chi connectivity index (χ1) is 12.9. The molecule has 9 nitrogen and oxygen atoms in total. The van der Waals surface area contributed by atoms with Crippen LogP contribution in [-0.4, -0.2) is 63.6 Å². The fourth-order valence-corrected chi connectivity index (χ4v) is 4.54. The maximum absolute atomic E-state index is 12.7. The summed E-state index contributed by atoms with van der Waals surface area (Å²) in [5.41, 5.74) is 0.368. The van der Waals surface area contributed by atoms with Crippen molar-refractivity contribution in [1.29, 1.82) is 0 Å².